The van der Waals surface area contributed by atoms with E-state index in [2.05, 4.69) is 45.4 Å². The van der Waals surface area contributed by atoms with Crippen molar-refractivity contribution in [3.8, 4) is 0 Å². The minimum Gasteiger partial charge on any atom is -0.339 e. The molecule has 0 bridgehead atoms. The molecule has 0 spiro atoms. The fourth-order valence-corrected chi connectivity index (χ4v) is 7.16. The standard InChI is InChI=1S/C28H32N4O2S/c33-27(16-20-7-9-23(10-8-20)31-15-12-29-28(31)34)32-13-3-5-22-18-30(14-11-25(22)32)19-24-17-21-4-1-2-6-26(21)35-24/h1-2,4,6-10,17,22,25H,3,5,11-16,18-19H2,(H,29,34)/t22-,25+/m1/s1. The molecule has 2 atom stereocenters. The zero-order valence-corrected chi connectivity index (χ0v) is 20.8. The number of anilines is 1. The van der Waals surface area contributed by atoms with Gasteiger partial charge in [0, 0.05) is 60.6 Å². The third-order valence-corrected chi connectivity index (χ3v) is 8.89. The van der Waals surface area contributed by atoms with Gasteiger partial charge in [-0.1, -0.05) is 30.3 Å². The van der Waals surface area contributed by atoms with Crippen LogP contribution in [0, 0.1) is 5.92 Å². The summed E-state index contributed by atoms with van der Waals surface area (Å²) in [6.45, 7) is 5.38. The number of rotatable bonds is 5. The quantitative estimate of drug-likeness (QED) is 0.576. The highest BCUT2D eigenvalue weighted by Crippen LogP contribution is 2.33. The van der Waals surface area contributed by atoms with Crippen LogP contribution in [0.5, 0.6) is 0 Å². The summed E-state index contributed by atoms with van der Waals surface area (Å²) in [6, 6.07) is 19.2. The van der Waals surface area contributed by atoms with Crippen molar-refractivity contribution < 1.29 is 9.59 Å². The molecule has 0 unspecified atom stereocenters. The van der Waals surface area contributed by atoms with Gasteiger partial charge in [0.05, 0.1) is 6.42 Å². The lowest BCUT2D eigenvalue weighted by molar-refractivity contribution is -0.137. The maximum absolute atomic E-state index is 13.3. The normalized spacial score (nSPS) is 22.9. The second kappa shape index (κ2) is 9.63. The first-order chi connectivity index (χ1) is 17.1. The number of thiophene rings is 1. The fraction of sp³-hybridized carbons (Fsp3) is 0.429. The number of benzene rings is 2. The van der Waals surface area contributed by atoms with E-state index in [0.717, 1.165) is 50.3 Å². The summed E-state index contributed by atoms with van der Waals surface area (Å²) >= 11 is 1.90. The van der Waals surface area contributed by atoms with Crippen molar-refractivity contribution in [3.05, 3.63) is 65.0 Å². The zero-order chi connectivity index (χ0) is 23.8. The summed E-state index contributed by atoms with van der Waals surface area (Å²) in [5, 5.41) is 4.17. The lowest BCUT2D eigenvalue weighted by atomic mass is 9.83. The lowest BCUT2D eigenvalue weighted by Gasteiger charge is -2.47. The number of fused-ring (bicyclic) bond motifs is 2. The average molecular weight is 489 g/mol. The van der Waals surface area contributed by atoms with E-state index in [0.29, 0.717) is 31.5 Å². The number of amides is 3. The van der Waals surface area contributed by atoms with Gasteiger partial charge in [0.1, 0.15) is 0 Å². The van der Waals surface area contributed by atoms with E-state index in [1.54, 1.807) is 4.90 Å². The minimum atomic E-state index is -0.0492. The zero-order valence-electron chi connectivity index (χ0n) is 20.0. The molecule has 0 radical (unpaired) electrons. The molecule has 6 rings (SSSR count). The van der Waals surface area contributed by atoms with E-state index in [1.165, 1.54) is 21.4 Å². The van der Waals surface area contributed by atoms with Crippen LogP contribution >= 0.6 is 11.3 Å². The fourth-order valence-electron chi connectivity index (χ4n) is 6.06. The van der Waals surface area contributed by atoms with Gasteiger partial charge in [-0.25, -0.2) is 4.79 Å². The van der Waals surface area contributed by atoms with E-state index >= 15 is 0 Å². The van der Waals surface area contributed by atoms with Crippen LogP contribution in [0.15, 0.2) is 54.6 Å². The van der Waals surface area contributed by atoms with Gasteiger partial charge in [-0.15, -0.1) is 11.3 Å². The Bertz CT molecular complexity index is 1190. The second-order valence-electron chi connectivity index (χ2n) is 10.1. The molecule has 3 aliphatic rings. The predicted octanol–water partition coefficient (Wildman–Crippen LogP) is 4.49. The summed E-state index contributed by atoms with van der Waals surface area (Å²) in [7, 11) is 0. The molecule has 3 aliphatic heterocycles. The largest absolute Gasteiger partial charge is 0.339 e. The third-order valence-electron chi connectivity index (χ3n) is 7.79. The minimum absolute atomic E-state index is 0.0492. The van der Waals surface area contributed by atoms with E-state index in [4.69, 9.17) is 0 Å². The van der Waals surface area contributed by atoms with Gasteiger partial charge in [-0.05, 0) is 60.4 Å². The first-order valence-electron chi connectivity index (χ1n) is 12.8. The summed E-state index contributed by atoms with van der Waals surface area (Å²) in [5.41, 5.74) is 1.91. The van der Waals surface area contributed by atoms with E-state index < -0.39 is 0 Å². The maximum atomic E-state index is 13.3. The van der Waals surface area contributed by atoms with Crippen LogP contribution in [0.2, 0.25) is 0 Å². The van der Waals surface area contributed by atoms with E-state index in [1.807, 2.05) is 35.6 Å². The van der Waals surface area contributed by atoms with Gasteiger partial charge in [-0.2, -0.15) is 0 Å². The average Bonchev–Trinajstić information content (AvgIpc) is 3.49. The Hall–Kier alpha value is -2.90. The van der Waals surface area contributed by atoms with Gasteiger partial charge >= 0.3 is 6.03 Å². The molecule has 7 heteroatoms. The lowest BCUT2D eigenvalue weighted by Crippen LogP contribution is -2.55. The molecule has 0 aliphatic carbocycles. The van der Waals surface area contributed by atoms with Gasteiger partial charge in [-0.3, -0.25) is 14.6 Å². The molecule has 3 saturated heterocycles. The van der Waals surface area contributed by atoms with E-state index in [9.17, 15) is 9.59 Å². The van der Waals surface area contributed by atoms with Crippen LogP contribution in [-0.2, 0) is 17.8 Å². The molecule has 3 aromatic rings. The smallest absolute Gasteiger partial charge is 0.321 e. The van der Waals surface area contributed by atoms with Gasteiger partial charge in [0.2, 0.25) is 5.91 Å². The summed E-state index contributed by atoms with van der Waals surface area (Å²) < 4.78 is 1.36. The number of likely N-dealkylation sites (tertiary alicyclic amines) is 2. The molecular formula is C28H32N4O2S. The number of urea groups is 1. The number of carbonyl (C=O) groups excluding carboxylic acids is 2. The van der Waals surface area contributed by atoms with Crippen LogP contribution in [0.4, 0.5) is 10.5 Å². The number of hydrogen-bond acceptors (Lipinski definition) is 4. The van der Waals surface area contributed by atoms with Crippen LogP contribution in [0.3, 0.4) is 0 Å². The second-order valence-corrected chi connectivity index (χ2v) is 11.2. The SMILES string of the molecule is O=C1NCCN1c1ccc(CC(=O)N2CCC[C@@H]3CN(Cc4cc5ccccc5s4)CC[C@@H]32)cc1. The monoisotopic (exact) mass is 488 g/mol. The molecule has 35 heavy (non-hydrogen) atoms. The molecule has 3 amide bonds. The van der Waals surface area contributed by atoms with Crippen molar-refractivity contribution in [1.82, 2.24) is 15.1 Å². The summed E-state index contributed by atoms with van der Waals surface area (Å²) in [5.74, 6) is 0.802. The Labute approximate surface area is 210 Å². The Morgan fingerprint density at radius 3 is 2.69 bits per heavy atom. The highest BCUT2D eigenvalue weighted by Gasteiger charge is 2.38. The van der Waals surface area contributed by atoms with Crippen molar-refractivity contribution in [2.75, 3.05) is 37.6 Å². The maximum Gasteiger partial charge on any atom is 0.321 e. The van der Waals surface area contributed by atoms with Gasteiger partial charge in [0.25, 0.3) is 0 Å². The van der Waals surface area contributed by atoms with Crippen LogP contribution in [0.25, 0.3) is 10.1 Å². The molecular weight excluding hydrogens is 456 g/mol. The molecule has 0 saturated carbocycles. The molecule has 6 nitrogen and oxygen atoms in total. The number of carbonyl (C=O) groups is 2. The molecule has 1 aromatic heterocycles. The van der Waals surface area contributed by atoms with Crippen molar-refractivity contribution in [1.29, 1.82) is 0 Å². The number of hydrogen-bond donors (Lipinski definition) is 1. The Morgan fingerprint density at radius 1 is 1.03 bits per heavy atom. The molecule has 2 aromatic carbocycles. The summed E-state index contributed by atoms with van der Waals surface area (Å²) in [6.07, 6.45) is 3.79. The number of nitrogens with one attached hydrogen (secondary N) is 1. The number of piperidine rings is 2. The molecule has 182 valence electrons. The number of nitrogens with zero attached hydrogens (tertiary/aromatic N) is 3. The molecule has 4 heterocycles. The van der Waals surface area contributed by atoms with Crippen LogP contribution < -0.4 is 10.2 Å². The van der Waals surface area contributed by atoms with Crippen molar-refractivity contribution in [2.45, 2.75) is 38.3 Å². The topological polar surface area (TPSA) is 55.9 Å². The Kier molecular flexibility index (Phi) is 6.20. The first kappa shape index (κ1) is 22.6. The molecule has 3 fully saturated rings. The Morgan fingerprint density at radius 2 is 1.89 bits per heavy atom. The van der Waals surface area contributed by atoms with E-state index in [-0.39, 0.29) is 11.9 Å². The first-order valence-corrected chi connectivity index (χ1v) is 13.6. The van der Waals surface area contributed by atoms with Crippen molar-refractivity contribution in [3.63, 3.8) is 0 Å². The van der Waals surface area contributed by atoms with Crippen LogP contribution in [0.1, 0.15) is 29.7 Å². The highest BCUT2D eigenvalue weighted by molar-refractivity contribution is 7.19. The molecule has 1 N–H and O–H groups in total. The summed E-state index contributed by atoms with van der Waals surface area (Å²) in [4.78, 5) is 33.2. The predicted molar refractivity (Wildman–Crippen MR) is 141 cm³/mol. The third kappa shape index (κ3) is 4.67. The van der Waals surface area contributed by atoms with Gasteiger partial charge < -0.3 is 10.2 Å². The highest BCUT2D eigenvalue weighted by atomic mass is 32.1. The van der Waals surface area contributed by atoms with Crippen LogP contribution in [-0.4, -0.2) is 60.5 Å². The van der Waals surface area contributed by atoms with Crippen molar-refractivity contribution in [2.24, 2.45) is 5.92 Å². The Balaban J connectivity index is 1.07. The van der Waals surface area contributed by atoms with Crippen molar-refractivity contribution >= 4 is 39.0 Å². The van der Waals surface area contributed by atoms with Gasteiger partial charge in [0.15, 0.2) is 0 Å².